The molecule has 0 spiro atoms. The van der Waals surface area contributed by atoms with E-state index in [1.54, 1.807) is 42.6 Å². The zero-order chi connectivity index (χ0) is 22.7. The van der Waals surface area contributed by atoms with Crippen LogP contribution in [0.4, 0.5) is 5.69 Å². The van der Waals surface area contributed by atoms with Gasteiger partial charge in [-0.15, -0.1) is 11.3 Å². The van der Waals surface area contributed by atoms with Gasteiger partial charge in [-0.1, -0.05) is 35.9 Å². The van der Waals surface area contributed by atoms with Gasteiger partial charge in [0.15, 0.2) is 11.5 Å². The first-order valence-electron chi connectivity index (χ1n) is 9.86. The van der Waals surface area contributed by atoms with Gasteiger partial charge in [-0.05, 0) is 61.2 Å². The number of carbonyl (C=O) groups is 2. The Morgan fingerprint density at radius 1 is 1.19 bits per heavy atom. The van der Waals surface area contributed by atoms with Crippen molar-refractivity contribution < 1.29 is 19.1 Å². The normalized spacial score (nSPS) is 14.6. The molecule has 1 aromatic heterocycles. The zero-order valence-electron chi connectivity index (χ0n) is 17.4. The van der Waals surface area contributed by atoms with Gasteiger partial charge in [0, 0.05) is 0 Å². The molecule has 6 nitrogen and oxygen atoms in total. The predicted octanol–water partition coefficient (Wildman–Crippen LogP) is 5.83. The third kappa shape index (κ3) is 4.44. The lowest BCUT2D eigenvalue weighted by Crippen LogP contribution is -2.21. The molecule has 1 amide bonds. The van der Waals surface area contributed by atoms with Crippen molar-refractivity contribution in [3.05, 3.63) is 81.0 Å². The number of thiophene rings is 1. The number of ether oxygens (including phenoxy) is 2. The Morgan fingerprint density at radius 3 is 2.66 bits per heavy atom. The quantitative estimate of drug-likeness (QED) is 0.260. The molecule has 8 heteroatoms. The summed E-state index contributed by atoms with van der Waals surface area (Å²) in [5.41, 5.74) is 2.34. The van der Waals surface area contributed by atoms with E-state index >= 15 is 0 Å². The van der Waals surface area contributed by atoms with Crippen LogP contribution in [0, 0.1) is 0 Å². The Hall–Kier alpha value is -3.42. The molecule has 2 aromatic carbocycles. The highest BCUT2D eigenvalue weighted by atomic mass is 35.5. The smallest absolute Gasteiger partial charge is 0.353 e. The third-order valence-electron chi connectivity index (χ3n) is 4.62. The van der Waals surface area contributed by atoms with Crippen LogP contribution in [-0.2, 0) is 4.79 Å². The van der Waals surface area contributed by atoms with Crippen LogP contribution in [-0.4, -0.2) is 24.2 Å². The lowest BCUT2D eigenvalue weighted by Gasteiger charge is -2.13. The highest BCUT2D eigenvalue weighted by molar-refractivity contribution is 7.12. The van der Waals surface area contributed by atoms with Crippen molar-refractivity contribution in [2.24, 2.45) is 5.10 Å². The second-order valence-electron chi connectivity index (χ2n) is 6.83. The summed E-state index contributed by atoms with van der Waals surface area (Å²) in [6.07, 6.45) is 1.70. The maximum Gasteiger partial charge on any atom is 0.353 e. The molecule has 162 valence electrons. The number of halogens is 1. The first-order valence-corrected chi connectivity index (χ1v) is 11.1. The van der Waals surface area contributed by atoms with E-state index in [-0.39, 0.29) is 16.7 Å². The lowest BCUT2D eigenvalue weighted by atomic mass is 10.1. The standard InChI is InChI=1S/C24H19ClN2O4S/c1-3-30-20-14-16(13-19(25)22(20)31-24(29)21-10-7-11-32-21)12-18-15(2)26-27(23(18)28)17-8-5-4-6-9-17/h4-14H,3H2,1-2H3. The van der Waals surface area contributed by atoms with Gasteiger partial charge >= 0.3 is 5.97 Å². The van der Waals surface area contributed by atoms with Gasteiger partial charge in [-0.2, -0.15) is 10.1 Å². The van der Waals surface area contributed by atoms with Crippen LogP contribution in [0.5, 0.6) is 11.5 Å². The van der Waals surface area contributed by atoms with Crippen molar-refractivity contribution in [2.75, 3.05) is 11.6 Å². The Labute approximate surface area is 194 Å². The number of benzene rings is 2. The molecule has 4 rings (SSSR count). The summed E-state index contributed by atoms with van der Waals surface area (Å²) in [6, 6.07) is 16.0. The van der Waals surface area contributed by atoms with Crippen molar-refractivity contribution in [1.82, 2.24) is 0 Å². The molecular weight excluding hydrogens is 448 g/mol. The first-order chi connectivity index (χ1) is 15.5. The van der Waals surface area contributed by atoms with E-state index in [4.69, 9.17) is 21.1 Å². The predicted molar refractivity (Wildman–Crippen MR) is 127 cm³/mol. The summed E-state index contributed by atoms with van der Waals surface area (Å²) < 4.78 is 11.2. The van der Waals surface area contributed by atoms with E-state index in [0.29, 0.717) is 39.8 Å². The lowest BCUT2D eigenvalue weighted by molar-refractivity contribution is -0.114. The van der Waals surface area contributed by atoms with Gasteiger partial charge in [0.1, 0.15) is 4.88 Å². The van der Waals surface area contributed by atoms with E-state index in [1.807, 2.05) is 37.3 Å². The molecule has 0 aliphatic carbocycles. The molecule has 0 atom stereocenters. The number of esters is 1. The van der Waals surface area contributed by atoms with E-state index in [2.05, 4.69) is 5.10 Å². The summed E-state index contributed by atoms with van der Waals surface area (Å²) in [5, 5.41) is 7.74. The average molecular weight is 467 g/mol. The molecular formula is C24H19ClN2O4S. The van der Waals surface area contributed by atoms with Gasteiger partial charge in [-0.3, -0.25) is 4.79 Å². The Bertz CT molecular complexity index is 1220. The second kappa shape index (κ2) is 9.38. The minimum atomic E-state index is -0.513. The van der Waals surface area contributed by atoms with Gasteiger partial charge < -0.3 is 9.47 Å². The third-order valence-corrected chi connectivity index (χ3v) is 5.75. The molecule has 1 aliphatic heterocycles. The summed E-state index contributed by atoms with van der Waals surface area (Å²) >= 11 is 7.73. The topological polar surface area (TPSA) is 68.2 Å². The Morgan fingerprint density at radius 2 is 1.97 bits per heavy atom. The van der Waals surface area contributed by atoms with Crippen molar-refractivity contribution in [3.8, 4) is 11.5 Å². The number of nitrogens with zero attached hydrogens (tertiary/aromatic N) is 2. The van der Waals surface area contributed by atoms with Crippen LogP contribution in [0.2, 0.25) is 5.02 Å². The van der Waals surface area contributed by atoms with E-state index in [0.717, 1.165) is 0 Å². The number of amides is 1. The molecule has 0 bridgehead atoms. The van der Waals surface area contributed by atoms with Crippen LogP contribution in [0.3, 0.4) is 0 Å². The summed E-state index contributed by atoms with van der Waals surface area (Å²) in [4.78, 5) is 25.8. The monoisotopic (exact) mass is 466 g/mol. The Balaban J connectivity index is 1.66. The van der Waals surface area contributed by atoms with Gasteiger partial charge in [0.05, 0.1) is 28.6 Å². The highest BCUT2D eigenvalue weighted by Crippen LogP contribution is 2.38. The number of hydrazone groups is 1. The molecule has 1 aliphatic rings. The molecule has 0 unspecified atom stereocenters. The van der Waals surface area contributed by atoms with E-state index in [9.17, 15) is 9.59 Å². The summed E-state index contributed by atoms with van der Waals surface area (Å²) in [7, 11) is 0. The molecule has 32 heavy (non-hydrogen) atoms. The van der Waals surface area contributed by atoms with Crippen LogP contribution in [0.15, 0.2) is 70.7 Å². The van der Waals surface area contributed by atoms with Crippen molar-refractivity contribution in [2.45, 2.75) is 13.8 Å². The van der Waals surface area contributed by atoms with Crippen molar-refractivity contribution in [1.29, 1.82) is 0 Å². The minimum absolute atomic E-state index is 0.142. The summed E-state index contributed by atoms with van der Waals surface area (Å²) in [6.45, 7) is 3.94. The van der Waals surface area contributed by atoms with Gasteiger partial charge in [0.2, 0.25) is 0 Å². The maximum absolute atomic E-state index is 13.0. The van der Waals surface area contributed by atoms with E-state index < -0.39 is 5.97 Å². The fraction of sp³-hybridized carbons (Fsp3) is 0.125. The van der Waals surface area contributed by atoms with Crippen molar-refractivity contribution >= 4 is 52.3 Å². The molecule has 0 saturated heterocycles. The molecule has 2 heterocycles. The first kappa shape index (κ1) is 21.8. The van der Waals surface area contributed by atoms with Gasteiger partial charge in [0.25, 0.3) is 5.91 Å². The zero-order valence-corrected chi connectivity index (χ0v) is 18.9. The van der Waals surface area contributed by atoms with E-state index in [1.165, 1.54) is 16.3 Å². The number of anilines is 1. The van der Waals surface area contributed by atoms with Gasteiger partial charge in [-0.25, -0.2) is 4.79 Å². The molecule has 0 radical (unpaired) electrons. The number of hydrogen-bond acceptors (Lipinski definition) is 6. The molecule has 0 saturated carbocycles. The second-order valence-corrected chi connectivity index (χ2v) is 8.18. The Kier molecular flexibility index (Phi) is 6.39. The fourth-order valence-corrected chi connectivity index (χ4v) is 4.02. The van der Waals surface area contributed by atoms with Crippen LogP contribution < -0.4 is 14.5 Å². The van der Waals surface area contributed by atoms with Crippen LogP contribution in [0.25, 0.3) is 6.08 Å². The highest BCUT2D eigenvalue weighted by Gasteiger charge is 2.29. The number of carbonyl (C=O) groups excluding carboxylic acids is 2. The largest absolute Gasteiger partial charge is 0.490 e. The number of para-hydroxylation sites is 1. The summed E-state index contributed by atoms with van der Waals surface area (Å²) in [5.74, 6) is -0.294. The van der Waals surface area contributed by atoms with Crippen LogP contribution >= 0.6 is 22.9 Å². The fourth-order valence-electron chi connectivity index (χ4n) is 3.17. The minimum Gasteiger partial charge on any atom is -0.490 e. The molecule has 0 N–H and O–H groups in total. The average Bonchev–Trinajstić information content (AvgIpc) is 3.41. The number of rotatable bonds is 6. The maximum atomic E-state index is 13.0. The van der Waals surface area contributed by atoms with Crippen molar-refractivity contribution in [3.63, 3.8) is 0 Å². The van der Waals surface area contributed by atoms with Crippen LogP contribution in [0.1, 0.15) is 29.1 Å². The molecule has 0 fully saturated rings. The number of hydrogen-bond donors (Lipinski definition) is 0. The SMILES string of the molecule is CCOc1cc(C=C2C(=O)N(c3ccccc3)N=C2C)cc(Cl)c1OC(=O)c1cccs1. The molecule has 3 aromatic rings.